The van der Waals surface area contributed by atoms with E-state index in [0.717, 1.165) is 0 Å². The highest BCUT2D eigenvalue weighted by Gasteiger charge is 2.20. The molecule has 0 bridgehead atoms. The number of rotatable bonds is 3. The minimum Gasteiger partial charge on any atom is -0.464 e. The summed E-state index contributed by atoms with van der Waals surface area (Å²) in [5.74, 6) is -1.02. The number of nitrogens with zero attached hydrogens (tertiary/aromatic N) is 2. The van der Waals surface area contributed by atoms with Crippen molar-refractivity contribution in [3.63, 3.8) is 0 Å². The maximum absolute atomic E-state index is 14.2. The Morgan fingerprint density at radius 1 is 1.17 bits per heavy atom. The van der Waals surface area contributed by atoms with E-state index >= 15 is 0 Å². The second-order valence-corrected chi connectivity index (χ2v) is 5.16. The third-order valence-corrected chi connectivity index (χ3v) is 3.65. The molecular weight excluding hydrogens is 319 g/mol. The van der Waals surface area contributed by atoms with Gasteiger partial charge in [0.05, 0.1) is 23.5 Å². The van der Waals surface area contributed by atoms with Crippen molar-refractivity contribution in [3.8, 4) is 16.9 Å². The summed E-state index contributed by atoms with van der Waals surface area (Å²) in [4.78, 5) is 11.8. The molecule has 0 fully saturated rings. The van der Waals surface area contributed by atoms with Gasteiger partial charge in [-0.3, -0.25) is 0 Å². The summed E-state index contributed by atoms with van der Waals surface area (Å²) < 4.78 is 20.3. The Labute approximate surface area is 137 Å². The lowest BCUT2D eigenvalue weighted by molar-refractivity contribution is 0.0593. The van der Waals surface area contributed by atoms with Crippen molar-refractivity contribution >= 4 is 17.6 Å². The van der Waals surface area contributed by atoms with Crippen LogP contribution in [0.2, 0.25) is 5.02 Å². The van der Waals surface area contributed by atoms with Gasteiger partial charge in [-0.05, 0) is 30.3 Å². The molecule has 0 unspecified atom stereocenters. The molecule has 0 spiro atoms. The van der Waals surface area contributed by atoms with E-state index in [2.05, 4.69) is 5.10 Å². The van der Waals surface area contributed by atoms with E-state index < -0.39 is 11.8 Å². The summed E-state index contributed by atoms with van der Waals surface area (Å²) in [5.41, 5.74) is 1.35. The molecule has 0 aliphatic rings. The van der Waals surface area contributed by atoms with E-state index in [-0.39, 0.29) is 5.69 Å². The van der Waals surface area contributed by atoms with Crippen LogP contribution in [0.3, 0.4) is 0 Å². The third kappa shape index (κ3) is 2.83. The summed E-state index contributed by atoms with van der Waals surface area (Å²) in [6, 6.07) is 14.7. The van der Waals surface area contributed by atoms with Crippen LogP contribution in [-0.2, 0) is 4.74 Å². The van der Waals surface area contributed by atoms with Crippen LogP contribution in [0.15, 0.2) is 54.6 Å². The van der Waals surface area contributed by atoms with Gasteiger partial charge in [-0.1, -0.05) is 35.9 Å². The number of aromatic nitrogens is 2. The molecule has 23 heavy (non-hydrogen) atoms. The normalized spacial score (nSPS) is 10.6. The standard InChI is InChI=1S/C17H12ClFN2O2/c1-23-17(22)14-10-16(11-6-2-4-8-13(11)19)21(20-14)15-9-5-3-7-12(15)18/h2-10H,1H3. The summed E-state index contributed by atoms with van der Waals surface area (Å²) in [7, 11) is 1.26. The molecule has 2 aromatic carbocycles. The van der Waals surface area contributed by atoms with Crippen molar-refractivity contribution < 1.29 is 13.9 Å². The Morgan fingerprint density at radius 3 is 2.57 bits per heavy atom. The van der Waals surface area contributed by atoms with E-state index in [1.807, 2.05) is 0 Å². The van der Waals surface area contributed by atoms with Crippen molar-refractivity contribution in [2.75, 3.05) is 7.11 Å². The number of para-hydroxylation sites is 1. The number of carbonyl (C=O) groups excluding carboxylic acids is 1. The van der Waals surface area contributed by atoms with E-state index in [1.165, 1.54) is 23.9 Å². The van der Waals surface area contributed by atoms with Crippen molar-refractivity contribution in [1.82, 2.24) is 9.78 Å². The van der Waals surface area contributed by atoms with Crippen LogP contribution in [-0.4, -0.2) is 22.9 Å². The molecule has 0 atom stereocenters. The largest absolute Gasteiger partial charge is 0.464 e. The Bertz CT molecular complexity index is 814. The number of hydrogen-bond acceptors (Lipinski definition) is 3. The molecular formula is C17H12ClFN2O2. The summed E-state index contributed by atoms with van der Waals surface area (Å²) >= 11 is 6.21. The molecule has 0 aliphatic carbocycles. The molecule has 0 radical (unpaired) electrons. The molecule has 0 saturated heterocycles. The predicted molar refractivity (Wildman–Crippen MR) is 85.3 cm³/mol. The third-order valence-electron chi connectivity index (χ3n) is 3.33. The maximum Gasteiger partial charge on any atom is 0.358 e. The highest BCUT2D eigenvalue weighted by Crippen LogP contribution is 2.29. The highest BCUT2D eigenvalue weighted by atomic mass is 35.5. The van der Waals surface area contributed by atoms with E-state index in [0.29, 0.717) is 22.0 Å². The van der Waals surface area contributed by atoms with Gasteiger partial charge in [0.2, 0.25) is 0 Å². The topological polar surface area (TPSA) is 44.1 Å². The number of methoxy groups -OCH3 is 1. The Hall–Kier alpha value is -2.66. The zero-order valence-electron chi connectivity index (χ0n) is 12.2. The monoisotopic (exact) mass is 330 g/mol. The molecule has 116 valence electrons. The van der Waals surface area contributed by atoms with Crippen LogP contribution >= 0.6 is 11.6 Å². The quantitative estimate of drug-likeness (QED) is 0.679. The minimum atomic E-state index is -0.603. The smallest absolute Gasteiger partial charge is 0.358 e. The van der Waals surface area contributed by atoms with Gasteiger partial charge in [-0.2, -0.15) is 5.10 Å². The Morgan fingerprint density at radius 2 is 1.87 bits per heavy atom. The molecule has 3 rings (SSSR count). The zero-order chi connectivity index (χ0) is 16.4. The average molecular weight is 331 g/mol. The first-order valence-electron chi connectivity index (χ1n) is 6.80. The first kappa shape index (κ1) is 15.2. The van der Waals surface area contributed by atoms with Gasteiger partial charge in [0.25, 0.3) is 0 Å². The van der Waals surface area contributed by atoms with Crippen LogP contribution < -0.4 is 0 Å². The molecule has 3 aromatic rings. The molecule has 1 heterocycles. The fraction of sp³-hybridized carbons (Fsp3) is 0.0588. The first-order chi connectivity index (χ1) is 11.1. The van der Waals surface area contributed by atoms with E-state index in [4.69, 9.17) is 16.3 Å². The van der Waals surface area contributed by atoms with Crippen LogP contribution in [0, 0.1) is 5.82 Å². The van der Waals surface area contributed by atoms with Crippen molar-refractivity contribution in [2.24, 2.45) is 0 Å². The minimum absolute atomic E-state index is 0.0747. The highest BCUT2D eigenvalue weighted by molar-refractivity contribution is 6.32. The lowest BCUT2D eigenvalue weighted by atomic mass is 10.1. The van der Waals surface area contributed by atoms with Gasteiger partial charge in [0, 0.05) is 5.56 Å². The fourth-order valence-electron chi connectivity index (χ4n) is 2.25. The summed E-state index contributed by atoms with van der Waals surface area (Å²) in [6.45, 7) is 0. The average Bonchev–Trinajstić information content (AvgIpc) is 3.00. The fourth-order valence-corrected chi connectivity index (χ4v) is 2.47. The maximum atomic E-state index is 14.2. The molecule has 0 amide bonds. The van der Waals surface area contributed by atoms with Gasteiger partial charge in [-0.25, -0.2) is 13.9 Å². The number of ether oxygens (including phenoxy) is 1. The first-order valence-corrected chi connectivity index (χ1v) is 7.18. The van der Waals surface area contributed by atoms with Crippen molar-refractivity contribution in [1.29, 1.82) is 0 Å². The lowest BCUT2D eigenvalue weighted by Crippen LogP contribution is -2.05. The molecule has 0 saturated carbocycles. The van der Waals surface area contributed by atoms with Crippen molar-refractivity contribution in [2.45, 2.75) is 0 Å². The van der Waals surface area contributed by atoms with Gasteiger partial charge in [0.1, 0.15) is 5.82 Å². The number of esters is 1. The van der Waals surface area contributed by atoms with Gasteiger partial charge < -0.3 is 4.74 Å². The lowest BCUT2D eigenvalue weighted by Gasteiger charge is -2.09. The number of benzene rings is 2. The van der Waals surface area contributed by atoms with Crippen LogP contribution in [0.1, 0.15) is 10.5 Å². The van der Waals surface area contributed by atoms with E-state index in [1.54, 1.807) is 42.5 Å². The Balaban J connectivity index is 2.26. The molecule has 0 N–H and O–H groups in total. The predicted octanol–water partition coefficient (Wildman–Crippen LogP) is 4.12. The second-order valence-electron chi connectivity index (χ2n) is 4.75. The number of carbonyl (C=O) groups is 1. The molecule has 0 aliphatic heterocycles. The van der Waals surface area contributed by atoms with Gasteiger partial charge in [0.15, 0.2) is 5.69 Å². The summed E-state index contributed by atoms with van der Waals surface area (Å²) in [5, 5.41) is 4.66. The van der Waals surface area contributed by atoms with Crippen LogP contribution in [0.5, 0.6) is 0 Å². The van der Waals surface area contributed by atoms with Crippen LogP contribution in [0.25, 0.3) is 16.9 Å². The Kier molecular flexibility index (Phi) is 4.12. The van der Waals surface area contributed by atoms with Gasteiger partial charge >= 0.3 is 5.97 Å². The molecule has 4 nitrogen and oxygen atoms in total. The molecule has 6 heteroatoms. The van der Waals surface area contributed by atoms with E-state index in [9.17, 15) is 9.18 Å². The second kappa shape index (κ2) is 6.22. The number of halogens is 2. The van der Waals surface area contributed by atoms with Crippen LogP contribution in [0.4, 0.5) is 4.39 Å². The number of hydrogen-bond donors (Lipinski definition) is 0. The SMILES string of the molecule is COC(=O)c1cc(-c2ccccc2F)n(-c2ccccc2Cl)n1. The zero-order valence-corrected chi connectivity index (χ0v) is 12.9. The molecule has 1 aromatic heterocycles. The van der Waals surface area contributed by atoms with Gasteiger partial charge in [-0.15, -0.1) is 0 Å². The van der Waals surface area contributed by atoms with Crippen molar-refractivity contribution in [3.05, 3.63) is 71.1 Å². The summed E-state index contributed by atoms with van der Waals surface area (Å²) in [6.07, 6.45) is 0.